The molecule has 1 aromatic heterocycles. The number of pyridine rings is 1. The summed E-state index contributed by atoms with van der Waals surface area (Å²) in [5.41, 5.74) is 0.786. The molecule has 3 unspecified atom stereocenters. The van der Waals surface area contributed by atoms with Crippen LogP contribution in [0.3, 0.4) is 0 Å². The van der Waals surface area contributed by atoms with Gasteiger partial charge in [0.05, 0.1) is 16.5 Å². The molecule has 1 aromatic carbocycles. The molecule has 3 aliphatic heterocycles. The first-order valence-corrected chi connectivity index (χ1v) is 14.3. The average molecular weight is 501 g/mol. The van der Waals surface area contributed by atoms with E-state index in [4.69, 9.17) is 4.98 Å². The molecule has 0 aliphatic carbocycles. The minimum atomic E-state index is -3.79. The van der Waals surface area contributed by atoms with E-state index in [2.05, 4.69) is 11.8 Å². The quantitative estimate of drug-likeness (QED) is 0.599. The number of anilines is 1. The number of sulfonamides is 1. The summed E-state index contributed by atoms with van der Waals surface area (Å²) in [4.78, 5) is 21.0. The molecule has 8 nitrogen and oxygen atoms in total. The van der Waals surface area contributed by atoms with E-state index in [1.807, 2.05) is 12.1 Å². The van der Waals surface area contributed by atoms with Crippen molar-refractivity contribution in [1.82, 2.24) is 14.2 Å². The molecule has 0 spiro atoms. The summed E-state index contributed by atoms with van der Waals surface area (Å²) in [6, 6.07) is 10.1. The first-order chi connectivity index (χ1) is 16.8. The number of hydrogen-bond donors (Lipinski definition) is 1. The summed E-state index contributed by atoms with van der Waals surface area (Å²) in [7, 11) is -2.32. The number of amides is 1. The van der Waals surface area contributed by atoms with Crippen molar-refractivity contribution in [2.75, 3.05) is 31.6 Å². The van der Waals surface area contributed by atoms with Crippen molar-refractivity contribution in [3.8, 4) is 0 Å². The van der Waals surface area contributed by atoms with E-state index >= 15 is 0 Å². The molecule has 1 amide bonds. The van der Waals surface area contributed by atoms with E-state index in [1.54, 1.807) is 23.1 Å². The summed E-state index contributed by atoms with van der Waals surface area (Å²) in [6.07, 6.45) is 6.49. The molecule has 3 atom stereocenters. The zero-order valence-corrected chi connectivity index (χ0v) is 21.5. The van der Waals surface area contributed by atoms with Crippen LogP contribution >= 0.6 is 0 Å². The van der Waals surface area contributed by atoms with Gasteiger partial charge in [-0.3, -0.25) is 4.79 Å². The fourth-order valence-electron chi connectivity index (χ4n) is 6.18. The van der Waals surface area contributed by atoms with Crippen molar-refractivity contribution in [3.63, 3.8) is 0 Å². The Morgan fingerprint density at radius 3 is 2.57 bits per heavy atom. The maximum absolute atomic E-state index is 13.2. The van der Waals surface area contributed by atoms with E-state index in [0.717, 1.165) is 33.4 Å². The minimum absolute atomic E-state index is 0.0127. The lowest BCUT2D eigenvalue weighted by molar-refractivity contribution is -0.128. The molecule has 9 heteroatoms. The summed E-state index contributed by atoms with van der Waals surface area (Å²) >= 11 is 0. The normalized spacial score (nSPS) is 25.7. The van der Waals surface area contributed by atoms with E-state index in [9.17, 15) is 18.3 Å². The van der Waals surface area contributed by atoms with Crippen LogP contribution < -0.4 is 4.90 Å². The molecule has 190 valence electrons. The number of nitrogens with zero attached hydrogens (tertiary/aromatic N) is 4. The van der Waals surface area contributed by atoms with Gasteiger partial charge in [0.1, 0.15) is 5.82 Å². The van der Waals surface area contributed by atoms with Crippen molar-refractivity contribution in [3.05, 3.63) is 30.3 Å². The topological polar surface area (TPSA) is 94.0 Å². The number of likely N-dealkylation sites (N-methyl/N-ethyl adjacent to an activating group) is 1. The van der Waals surface area contributed by atoms with Crippen molar-refractivity contribution >= 4 is 32.7 Å². The lowest BCUT2D eigenvalue weighted by atomic mass is 9.89. The summed E-state index contributed by atoms with van der Waals surface area (Å²) < 4.78 is 27.5. The van der Waals surface area contributed by atoms with Crippen LogP contribution in [0.15, 0.2) is 35.2 Å². The number of fused-ring (bicyclic) bond motifs is 3. The molecule has 3 fully saturated rings. The van der Waals surface area contributed by atoms with Crippen LogP contribution in [0.1, 0.15) is 51.9 Å². The average Bonchev–Trinajstić information content (AvgIpc) is 3.36. The van der Waals surface area contributed by atoms with Gasteiger partial charge in [-0.15, -0.1) is 0 Å². The van der Waals surface area contributed by atoms with Crippen LogP contribution in [-0.2, 0) is 14.8 Å². The molecule has 3 aliphatic rings. The van der Waals surface area contributed by atoms with Crippen LogP contribution in [-0.4, -0.2) is 78.5 Å². The van der Waals surface area contributed by atoms with E-state index in [0.29, 0.717) is 25.0 Å². The van der Waals surface area contributed by atoms with Gasteiger partial charge < -0.3 is 14.9 Å². The molecule has 5 rings (SSSR count). The molecular weight excluding hydrogens is 464 g/mol. The highest BCUT2D eigenvalue weighted by Gasteiger charge is 2.40. The maximum Gasteiger partial charge on any atom is 0.242 e. The first-order valence-electron chi connectivity index (χ1n) is 12.9. The second kappa shape index (κ2) is 9.67. The number of rotatable bonds is 8. The Labute approximate surface area is 208 Å². The largest absolute Gasteiger partial charge is 0.390 e. The molecular formula is C26H36N4O4S. The smallest absolute Gasteiger partial charge is 0.242 e. The number of β-amino-alcohol motifs (C(OH)–C–C–N with tert-alkyl or cyclic N) is 1. The summed E-state index contributed by atoms with van der Waals surface area (Å²) in [5.74, 6) is 1.81. The Kier molecular flexibility index (Phi) is 6.76. The maximum atomic E-state index is 13.2. The predicted octanol–water partition coefficient (Wildman–Crippen LogP) is 3.00. The van der Waals surface area contributed by atoms with Gasteiger partial charge >= 0.3 is 0 Å². The summed E-state index contributed by atoms with van der Waals surface area (Å²) in [6.45, 7) is 2.98. The molecule has 3 saturated heterocycles. The molecule has 0 radical (unpaired) electrons. The minimum Gasteiger partial charge on any atom is -0.390 e. The van der Waals surface area contributed by atoms with Gasteiger partial charge in [-0.25, -0.2) is 13.4 Å². The Morgan fingerprint density at radius 2 is 1.91 bits per heavy atom. The number of aliphatic hydroxyl groups is 1. The van der Waals surface area contributed by atoms with Crippen LogP contribution in [0, 0.1) is 5.92 Å². The Bertz CT molecular complexity index is 1190. The van der Waals surface area contributed by atoms with Gasteiger partial charge in [0.2, 0.25) is 15.9 Å². The monoisotopic (exact) mass is 500 g/mol. The number of likely N-dealkylation sites (tertiary alicyclic amines) is 1. The number of carbonyl (C=O) groups excluding carboxylic acids is 1. The van der Waals surface area contributed by atoms with Crippen LogP contribution in [0.4, 0.5) is 5.82 Å². The molecule has 35 heavy (non-hydrogen) atoms. The lowest BCUT2D eigenvalue weighted by Crippen LogP contribution is -2.43. The highest BCUT2D eigenvalue weighted by atomic mass is 32.2. The van der Waals surface area contributed by atoms with E-state index in [-0.39, 0.29) is 23.9 Å². The van der Waals surface area contributed by atoms with Gasteiger partial charge in [-0.05, 0) is 68.4 Å². The third kappa shape index (κ3) is 4.78. The van der Waals surface area contributed by atoms with Crippen LogP contribution in [0.2, 0.25) is 0 Å². The van der Waals surface area contributed by atoms with E-state index < -0.39 is 16.1 Å². The van der Waals surface area contributed by atoms with Crippen molar-refractivity contribution in [2.24, 2.45) is 5.92 Å². The number of carbonyl (C=O) groups is 1. The predicted molar refractivity (Wildman–Crippen MR) is 136 cm³/mol. The SMILES string of the molecule is CCC1CC2CCC(C1)N2c1ccc2cc(S(=O)(=O)N(C)CC(O)CN3CCCC3=O)ccc2n1. The number of benzene rings is 1. The van der Waals surface area contributed by atoms with Gasteiger partial charge in [0, 0.05) is 50.6 Å². The third-order valence-corrected chi connectivity index (χ3v) is 9.92. The first kappa shape index (κ1) is 24.5. The zero-order chi connectivity index (χ0) is 24.7. The Balaban J connectivity index is 1.30. The molecule has 1 N–H and O–H groups in total. The standard InChI is InChI=1S/C26H36N4O4S/c1-3-18-13-20-7-8-21(14-18)30(20)25-11-6-19-15-23(9-10-24(19)27-25)35(33,34)28(2)16-22(31)17-29-12-4-5-26(29)32/h6,9-11,15,18,20-22,31H,3-5,7-8,12-14,16-17H2,1-2H3. The van der Waals surface area contributed by atoms with Crippen molar-refractivity contribution < 1.29 is 18.3 Å². The summed E-state index contributed by atoms with van der Waals surface area (Å²) in [5, 5.41) is 11.2. The van der Waals surface area contributed by atoms with Crippen LogP contribution in [0.5, 0.6) is 0 Å². The van der Waals surface area contributed by atoms with Crippen LogP contribution in [0.25, 0.3) is 10.9 Å². The van der Waals surface area contributed by atoms with Gasteiger partial charge in [0.25, 0.3) is 0 Å². The van der Waals surface area contributed by atoms with Gasteiger partial charge in [-0.2, -0.15) is 4.31 Å². The highest BCUT2D eigenvalue weighted by Crippen LogP contribution is 2.42. The van der Waals surface area contributed by atoms with E-state index in [1.165, 1.54) is 39.2 Å². The fourth-order valence-corrected chi connectivity index (χ4v) is 7.42. The number of aliphatic hydroxyl groups excluding tert-OH is 1. The molecule has 0 saturated carbocycles. The number of aromatic nitrogens is 1. The fraction of sp³-hybridized carbons (Fsp3) is 0.615. The molecule has 2 bridgehead atoms. The second-order valence-corrected chi connectivity index (χ2v) is 12.5. The Hall–Kier alpha value is -2.23. The lowest BCUT2D eigenvalue weighted by Gasteiger charge is -2.39. The van der Waals surface area contributed by atoms with Crippen molar-refractivity contribution in [2.45, 2.75) is 75.0 Å². The van der Waals surface area contributed by atoms with Crippen molar-refractivity contribution in [1.29, 1.82) is 0 Å². The molecule has 4 heterocycles. The van der Waals surface area contributed by atoms with Gasteiger partial charge in [0.15, 0.2) is 0 Å². The molecule has 2 aromatic rings. The Morgan fingerprint density at radius 1 is 1.17 bits per heavy atom. The number of hydrogen-bond acceptors (Lipinski definition) is 6. The van der Waals surface area contributed by atoms with Gasteiger partial charge in [-0.1, -0.05) is 13.3 Å². The second-order valence-electron chi connectivity index (χ2n) is 10.4. The third-order valence-electron chi connectivity index (χ3n) is 8.10. The zero-order valence-electron chi connectivity index (χ0n) is 20.6. The number of piperidine rings is 1. The highest BCUT2D eigenvalue weighted by molar-refractivity contribution is 7.89.